The summed E-state index contributed by atoms with van der Waals surface area (Å²) in [4.78, 5) is 11.4. The molecule has 0 bridgehead atoms. The minimum absolute atomic E-state index is 0.0811. The van der Waals surface area contributed by atoms with Crippen molar-refractivity contribution in [2.75, 3.05) is 18.0 Å². The van der Waals surface area contributed by atoms with Gasteiger partial charge in [0.2, 0.25) is 10.0 Å². The van der Waals surface area contributed by atoms with Crippen LogP contribution in [-0.2, 0) is 16.6 Å². The third kappa shape index (κ3) is 4.16. The highest BCUT2D eigenvalue weighted by Gasteiger charge is 2.18. The van der Waals surface area contributed by atoms with E-state index in [0.717, 1.165) is 48.6 Å². The predicted molar refractivity (Wildman–Crippen MR) is 98.2 cm³/mol. The molecule has 1 aromatic carbocycles. The van der Waals surface area contributed by atoms with Crippen LogP contribution >= 0.6 is 0 Å². The fourth-order valence-corrected chi connectivity index (χ4v) is 3.99. The molecule has 0 amide bonds. The molecule has 0 spiro atoms. The first kappa shape index (κ1) is 17.8. The van der Waals surface area contributed by atoms with Crippen molar-refractivity contribution in [2.45, 2.75) is 45.1 Å². The molecule has 134 valence electrons. The van der Waals surface area contributed by atoms with Crippen LogP contribution in [0.4, 0.5) is 5.82 Å². The van der Waals surface area contributed by atoms with E-state index in [4.69, 9.17) is 0 Å². The first-order valence-electron chi connectivity index (χ1n) is 8.51. The number of nitrogens with zero attached hydrogens (tertiary/aromatic N) is 3. The van der Waals surface area contributed by atoms with Crippen molar-refractivity contribution < 1.29 is 8.42 Å². The maximum absolute atomic E-state index is 12.5. The molecular formula is C18H24N4O2S. The average Bonchev–Trinajstić information content (AvgIpc) is 3.09. The fraction of sp³-hybridized carbons (Fsp3) is 0.444. The van der Waals surface area contributed by atoms with Crippen LogP contribution in [0.2, 0.25) is 0 Å². The monoisotopic (exact) mass is 360 g/mol. The molecule has 0 unspecified atom stereocenters. The summed E-state index contributed by atoms with van der Waals surface area (Å²) < 4.78 is 27.6. The largest absolute Gasteiger partial charge is 0.357 e. The topological polar surface area (TPSA) is 75.2 Å². The van der Waals surface area contributed by atoms with Crippen LogP contribution in [0.3, 0.4) is 0 Å². The van der Waals surface area contributed by atoms with Gasteiger partial charge in [-0.2, -0.15) is 0 Å². The Bertz CT molecular complexity index is 875. The molecule has 7 heteroatoms. The normalized spacial score (nSPS) is 14.9. The van der Waals surface area contributed by atoms with Gasteiger partial charge in [0.05, 0.1) is 11.4 Å². The Morgan fingerprint density at radius 1 is 1.04 bits per heavy atom. The fourth-order valence-electron chi connectivity index (χ4n) is 2.92. The van der Waals surface area contributed by atoms with Gasteiger partial charge < -0.3 is 4.90 Å². The van der Waals surface area contributed by atoms with Crippen molar-refractivity contribution in [3.8, 4) is 0 Å². The van der Waals surface area contributed by atoms with Crippen LogP contribution in [0.25, 0.3) is 0 Å². The molecule has 1 fully saturated rings. The Morgan fingerprint density at radius 3 is 2.44 bits per heavy atom. The summed E-state index contributed by atoms with van der Waals surface area (Å²) in [6, 6.07) is 7.08. The lowest BCUT2D eigenvalue weighted by Gasteiger charge is -2.17. The van der Waals surface area contributed by atoms with Gasteiger partial charge in [-0.15, -0.1) is 0 Å². The lowest BCUT2D eigenvalue weighted by Crippen LogP contribution is -2.26. The van der Waals surface area contributed by atoms with E-state index in [1.165, 1.54) is 0 Å². The average molecular weight is 360 g/mol. The minimum atomic E-state index is -3.59. The second kappa shape index (κ2) is 7.09. The molecule has 1 saturated heterocycles. The Morgan fingerprint density at radius 2 is 1.76 bits per heavy atom. The summed E-state index contributed by atoms with van der Waals surface area (Å²) in [6.45, 7) is 7.83. The first-order valence-corrected chi connectivity index (χ1v) is 10.00. The summed E-state index contributed by atoms with van der Waals surface area (Å²) in [5.74, 6) is 1.37. The Hall–Kier alpha value is -1.99. The summed E-state index contributed by atoms with van der Waals surface area (Å²) in [5.41, 5.74) is 2.86. The highest BCUT2D eigenvalue weighted by atomic mass is 32.2. The molecular weight excluding hydrogens is 336 g/mol. The smallest absolute Gasteiger partial charge is 0.240 e. The first-order chi connectivity index (χ1) is 11.8. The van der Waals surface area contributed by atoms with Gasteiger partial charge in [0.25, 0.3) is 0 Å². The van der Waals surface area contributed by atoms with Gasteiger partial charge >= 0.3 is 0 Å². The number of benzene rings is 1. The van der Waals surface area contributed by atoms with Crippen LogP contribution in [0.1, 0.15) is 35.5 Å². The third-order valence-electron chi connectivity index (χ3n) is 4.53. The second-order valence-electron chi connectivity index (χ2n) is 6.55. The zero-order valence-electron chi connectivity index (χ0n) is 14.9. The Labute approximate surface area is 149 Å². The number of aryl methyl sites for hydroxylation is 3. The number of hydrogen-bond acceptors (Lipinski definition) is 5. The van der Waals surface area contributed by atoms with Gasteiger partial charge in [0.15, 0.2) is 0 Å². The Kier molecular flexibility index (Phi) is 5.06. The maximum Gasteiger partial charge on any atom is 0.240 e. The molecule has 0 atom stereocenters. The number of hydrogen-bond donors (Lipinski definition) is 1. The number of rotatable bonds is 5. The van der Waals surface area contributed by atoms with E-state index in [2.05, 4.69) is 19.6 Å². The molecule has 0 aliphatic carbocycles. The highest BCUT2D eigenvalue weighted by molar-refractivity contribution is 7.89. The van der Waals surface area contributed by atoms with Crippen LogP contribution in [-0.4, -0.2) is 31.5 Å². The minimum Gasteiger partial charge on any atom is -0.357 e. The molecule has 3 rings (SSSR count). The van der Waals surface area contributed by atoms with E-state index in [9.17, 15) is 8.42 Å². The van der Waals surface area contributed by atoms with Crippen LogP contribution < -0.4 is 9.62 Å². The molecule has 2 heterocycles. The lowest BCUT2D eigenvalue weighted by molar-refractivity contribution is 0.579. The van der Waals surface area contributed by atoms with Gasteiger partial charge in [-0.05, 0) is 56.9 Å². The standard InChI is InChI=1S/C18H24N4O2S/c1-13-6-7-16(10-14(13)2)25(23,24)19-12-17-20-15(3)11-18(21-17)22-8-4-5-9-22/h6-7,10-11,19H,4-5,8-9,12H2,1-3H3. The van der Waals surface area contributed by atoms with Crippen LogP contribution in [0.15, 0.2) is 29.2 Å². The van der Waals surface area contributed by atoms with Crippen molar-refractivity contribution in [2.24, 2.45) is 0 Å². The van der Waals surface area contributed by atoms with E-state index in [0.29, 0.717) is 5.82 Å². The number of nitrogens with one attached hydrogen (secondary N) is 1. The molecule has 1 aliphatic rings. The lowest BCUT2D eigenvalue weighted by atomic mass is 10.1. The number of sulfonamides is 1. The maximum atomic E-state index is 12.5. The molecule has 2 aromatic rings. The van der Waals surface area contributed by atoms with Crippen LogP contribution in [0.5, 0.6) is 0 Å². The van der Waals surface area contributed by atoms with Gasteiger partial charge in [0.1, 0.15) is 11.6 Å². The molecule has 25 heavy (non-hydrogen) atoms. The molecule has 1 aliphatic heterocycles. The predicted octanol–water partition coefficient (Wildman–Crippen LogP) is 2.48. The van der Waals surface area contributed by atoms with Gasteiger partial charge in [0, 0.05) is 24.8 Å². The van der Waals surface area contributed by atoms with E-state index in [1.54, 1.807) is 12.1 Å². The zero-order chi connectivity index (χ0) is 18.0. The van der Waals surface area contributed by atoms with Gasteiger partial charge in [-0.1, -0.05) is 6.07 Å². The van der Waals surface area contributed by atoms with E-state index < -0.39 is 10.0 Å². The molecule has 0 radical (unpaired) electrons. The molecule has 0 saturated carbocycles. The zero-order valence-corrected chi connectivity index (χ0v) is 15.7. The number of aromatic nitrogens is 2. The van der Waals surface area contributed by atoms with E-state index in [1.807, 2.05) is 32.9 Å². The summed E-state index contributed by atoms with van der Waals surface area (Å²) in [5, 5.41) is 0. The van der Waals surface area contributed by atoms with Crippen molar-refractivity contribution in [3.63, 3.8) is 0 Å². The van der Waals surface area contributed by atoms with E-state index in [-0.39, 0.29) is 11.4 Å². The number of anilines is 1. The van der Waals surface area contributed by atoms with Crippen molar-refractivity contribution in [1.82, 2.24) is 14.7 Å². The highest BCUT2D eigenvalue weighted by Crippen LogP contribution is 2.19. The van der Waals surface area contributed by atoms with Crippen molar-refractivity contribution in [3.05, 3.63) is 46.9 Å². The van der Waals surface area contributed by atoms with Crippen LogP contribution in [0, 0.1) is 20.8 Å². The molecule has 1 aromatic heterocycles. The summed E-state index contributed by atoms with van der Waals surface area (Å²) in [6.07, 6.45) is 2.33. The molecule has 1 N–H and O–H groups in total. The quantitative estimate of drug-likeness (QED) is 0.887. The van der Waals surface area contributed by atoms with Gasteiger partial charge in [-0.3, -0.25) is 0 Å². The third-order valence-corrected chi connectivity index (χ3v) is 5.92. The Balaban J connectivity index is 1.77. The van der Waals surface area contributed by atoms with E-state index >= 15 is 0 Å². The summed E-state index contributed by atoms with van der Waals surface area (Å²) >= 11 is 0. The summed E-state index contributed by atoms with van der Waals surface area (Å²) in [7, 11) is -3.59. The SMILES string of the molecule is Cc1cc(N2CCCC2)nc(CNS(=O)(=O)c2ccc(C)c(C)c2)n1. The van der Waals surface area contributed by atoms with Gasteiger partial charge in [-0.25, -0.2) is 23.1 Å². The molecule has 6 nitrogen and oxygen atoms in total. The van der Waals surface area contributed by atoms with Crippen molar-refractivity contribution >= 4 is 15.8 Å². The second-order valence-corrected chi connectivity index (χ2v) is 8.32. The van der Waals surface area contributed by atoms with Crippen molar-refractivity contribution in [1.29, 1.82) is 0 Å².